The van der Waals surface area contributed by atoms with Gasteiger partial charge in [-0.3, -0.25) is 14.4 Å². The predicted molar refractivity (Wildman–Crippen MR) is 49.5 cm³/mol. The zero-order chi connectivity index (χ0) is 11.8. The zero-order valence-corrected chi connectivity index (χ0v) is 8.69. The lowest BCUT2D eigenvalue weighted by Crippen LogP contribution is -2.31. The fourth-order valence-electron chi connectivity index (χ4n) is 1.07. The van der Waals surface area contributed by atoms with Crippen LogP contribution in [0.15, 0.2) is 0 Å². The highest BCUT2D eigenvalue weighted by Crippen LogP contribution is 2.07. The van der Waals surface area contributed by atoms with E-state index in [0.717, 1.165) is 0 Å². The molecule has 0 aromatic heterocycles. The molecule has 0 aromatic carbocycles. The first kappa shape index (κ1) is 13.7. The van der Waals surface area contributed by atoms with Crippen LogP contribution in [0.1, 0.15) is 6.42 Å². The molecule has 0 aromatic rings. The highest BCUT2D eigenvalue weighted by Gasteiger charge is 2.28. The van der Waals surface area contributed by atoms with Crippen LogP contribution in [0.3, 0.4) is 0 Å². The van der Waals surface area contributed by atoms with E-state index in [1.807, 2.05) is 0 Å². The second-order valence-corrected chi connectivity index (χ2v) is 2.95. The van der Waals surface area contributed by atoms with Crippen molar-refractivity contribution >= 4 is 17.5 Å². The highest BCUT2D eigenvalue weighted by atomic mass is 16.5. The van der Waals surface area contributed by atoms with E-state index in [9.17, 15) is 14.4 Å². The van der Waals surface area contributed by atoms with Gasteiger partial charge in [0.2, 0.25) is 0 Å². The summed E-state index contributed by atoms with van der Waals surface area (Å²) < 4.78 is 9.12. The van der Waals surface area contributed by atoms with Crippen LogP contribution in [0.4, 0.5) is 0 Å². The maximum absolute atomic E-state index is 11.3. The topological polar surface area (TPSA) is 89.9 Å². The van der Waals surface area contributed by atoms with Crippen LogP contribution in [0, 0.1) is 5.92 Å². The smallest absolute Gasteiger partial charge is 0.304 e. The minimum atomic E-state index is -1.20. The molecule has 0 aliphatic rings. The van der Waals surface area contributed by atoms with Gasteiger partial charge in [0.15, 0.2) is 11.6 Å². The summed E-state index contributed by atoms with van der Waals surface area (Å²) in [5, 5.41) is 8.53. The Bertz CT molecular complexity index is 229. The van der Waals surface area contributed by atoms with Gasteiger partial charge >= 0.3 is 5.97 Å². The van der Waals surface area contributed by atoms with Crippen LogP contribution in [0.2, 0.25) is 0 Å². The van der Waals surface area contributed by atoms with Gasteiger partial charge in [0.05, 0.1) is 12.3 Å². The fourth-order valence-corrected chi connectivity index (χ4v) is 1.07. The molecule has 0 unspecified atom stereocenters. The van der Waals surface area contributed by atoms with Crippen LogP contribution in [-0.2, 0) is 23.9 Å². The van der Waals surface area contributed by atoms with Gasteiger partial charge in [-0.15, -0.1) is 0 Å². The van der Waals surface area contributed by atoms with Gasteiger partial charge in [-0.2, -0.15) is 0 Å². The number of carboxylic acids is 1. The van der Waals surface area contributed by atoms with Gasteiger partial charge in [-0.1, -0.05) is 0 Å². The second kappa shape index (κ2) is 7.08. The molecule has 0 radical (unpaired) electrons. The van der Waals surface area contributed by atoms with Gasteiger partial charge in [-0.25, -0.2) is 0 Å². The molecule has 0 atom stereocenters. The van der Waals surface area contributed by atoms with E-state index in [1.54, 1.807) is 0 Å². The van der Waals surface area contributed by atoms with Crippen molar-refractivity contribution in [3.63, 3.8) is 0 Å². The van der Waals surface area contributed by atoms with Crippen LogP contribution in [0.5, 0.6) is 0 Å². The van der Waals surface area contributed by atoms with E-state index in [4.69, 9.17) is 5.11 Å². The minimum absolute atomic E-state index is 0.270. The summed E-state index contributed by atoms with van der Waals surface area (Å²) in [4.78, 5) is 33.1. The summed E-state index contributed by atoms with van der Waals surface area (Å²) in [6.07, 6.45) is -0.523. The first-order valence-electron chi connectivity index (χ1n) is 4.28. The van der Waals surface area contributed by atoms with Crippen LogP contribution in [-0.4, -0.2) is 50.1 Å². The van der Waals surface area contributed by atoms with Crippen molar-refractivity contribution in [1.82, 2.24) is 0 Å². The van der Waals surface area contributed by atoms with Crippen molar-refractivity contribution in [3.05, 3.63) is 0 Å². The molecule has 15 heavy (non-hydrogen) atoms. The molecule has 6 heteroatoms. The summed E-state index contributed by atoms with van der Waals surface area (Å²) in [6, 6.07) is 0. The molecule has 0 fully saturated rings. The standard InChI is InChI=1S/C9H14O6/c1-14-4-7(10)6(3-9(12)13)8(11)5-15-2/h6H,3-5H2,1-2H3,(H,12,13). The molecule has 0 rings (SSSR count). The average Bonchev–Trinajstić information content (AvgIpc) is 2.14. The second-order valence-electron chi connectivity index (χ2n) is 2.95. The summed E-state index contributed by atoms with van der Waals surface area (Å²) in [7, 11) is 2.60. The molecular weight excluding hydrogens is 204 g/mol. The van der Waals surface area contributed by atoms with Crippen molar-refractivity contribution in [1.29, 1.82) is 0 Å². The van der Waals surface area contributed by atoms with Crippen molar-refractivity contribution < 1.29 is 29.0 Å². The third-order valence-electron chi connectivity index (χ3n) is 1.73. The Hall–Kier alpha value is -1.27. The average molecular weight is 218 g/mol. The van der Waals surface area contributed by atoms with Crippen molar-refractivity contribution in [2.75, 3.05) is 27.4 Å². The van der Waals surface area contributed by atoms with E-state index in [-0.39, 0.29) is 13.2 Å². The largest absolute Gasteiger partial charge is 0.481 e. The number of aliphatic carboxylic acids is 1. The summed E-state index contributed by atoms with van der Waals surface area (Å²) in [6.45, 7) is -0.541. The number of methoxy groups -OCH3 is 2. The Morgan fingerprint density at radius 2 is 1.47 bits per heavy atom. The van der Waals surface area contributed by atoms with Crippen molar-refractivity contribution in [3.8, 4) is 0 Å². The Morgan fingerprint density at radius 1 is 1.07 bits per heavy atom. The molecule has 0 amide bonds. The normalized spacial score (nSPS) is 10.3. The van der Waals surface area contributed by atoms with E-state index >= 15 is 0 Å². The quantitative estimate of drug-likeness (QED) is 0.553. The molecular formula is C9H14O6. The fraction of sp³-hybridized carbons (Fsp3) is 0.667. The molecule has 0 saturated carbocycles. The SMILES string of the molecule is COCC(=O)C(CC(=O)O)C(=O)COC. The molecule has 0 saturated heterocycles. The first-order valence-corrected chi connectivity index (χ1v) is 4.28. The first-order chi connectivity index (χ1) is 7.02. The Balaban J connectivity index is 4.49. The third-order valence-corrected chi connectivity index (χ3v) is 1.73. The maximum atomic E-state index is 11.3. The lowest BCUT2D eigenvalue weighted by Gasteiger charge is -2.11. The molecule has 6 nitrogen and oxygen atoms in total. The lowest BCUT2D eigenvalue weighted by molar-refractivity contribution is -0.146. The third kappa shape index (κ3) is 5.24. The highest BCUT2D eigenvalue weighted by molar-refractivity contribution is 6.05. The number of hydrogen-bond acceptors (Lipinski definition) is 5. The number of carbonyl (C=O) groups excluding carboxylic acids is 2. The number of hydrogen-bond donors (Lipinski definition) is 1. The summed E-state index contributed by atoms with van der Waals surface area (Å²) in [5.41, 5.74) is 0. The predicted octanol–water partition coefficient (Wildman–Crippen LogP) is -0.492. The van der Waals surface area contributed by atoms with E-state index < -0.39 is 29.9 Å². The number of ketones is 2. The van der Waals surface area contributed by atoms with Crippen LogP contribution >= 0.6 is 0 Å². The van der Waals surface area contributed by atoms with Crippen LogP contribution in [0.25, 0.3) is 0 Å². The van der Waals surface area contributed by atoms with E-state index in [1.165, 1.54) is 14.2 Å². The van der Waals surface area contributed by atoms with Gasteiger partial charge in [0.25, 0.3) is 0 Å². The Morgan fingerprint density at radius 3 is 1.73 bits per heavy atom. The molecule has 0 spiro atoms. The van der Waals surface area contributed by atoms with Gasteiger partial charge in [-0.05, 0) is 0 Å². The van der Waals surface area contributed by atoms with Crippen molar-refractivity contribution in [2.45, 2.75) is 6.42 Å². The molecule has 0 bridgehead atoms. The molecule has 0 heterocycles. The number of carboxylic acid groups (broad SMARTS) is 1. The summed E-state index contributed by atoms with van der Waals surface area (Å²) >= 11 is 0. The van der Waals surface area contributed by atoms with Gasteiger partial charge < -0.3 is 14.6 Å². The van der Waals surface area contributed by atoms with Gasteiger partial charge in [0.1, 0.15) is 13.2 Å². The van der Waals surface area contributed by atoms with E-state index in [2.05, 4.69) is 9.47 Å². The Labute approximate surface area is 87.2 Å². The lowest BCUT2D eigenvalue weighted by atomic mass is 9.96. The van der Waals surface area contributed by atoms with Crippen molar-refractivity contribution in [2.24, 2.45) is 5.92 Å². The summed E-state index contributed by atoms with van der Waals surface area (Å²) in [5.74, 6) is -3.46. The minimum Gasteiger partial charge on any atom is -0.481 e. The van der Waals surface area contributed by atoms with E-state index in [0.29, 0.717) is 0 Å². The number of ether oxygens (including phenoxy) is 2. The monoisotopic (exact) mass is 218 g/mol. The number of Topliss-reactive ketones (excluding diaryl/α,β-unsaturated/α-hetero) is 2. The molecule has 0 aliphatic heterocycles. The molecule has 0 aliphatic carbocycles. The maximum Gasteiger partial charge on any atom is 0.304 e. The van der Waals surface area contributed by atoms with Crippen LogP contribution < -0.4 is 0 Å². The molecule has 1 N–H and O–H groups in total. The Kier molecular flexibility index (Phi) is 6.48. The molecule has 86 valence electrons. The number of carbonyl (C=O) groups is 3. The van der Waals surface area contributed by atoms with Gasteiger partial charge in [0, 0.05) is 14.2 Å². The number of rotatable bonds is 8. The zero-order valence-electron chi connectivity index (χ0n) is 8.69.